The number of hydrogen-bond acceptors (Lipinski definition) is 6. The summed E-state index contributed by atoms with van der Waals surface area (Å²) in [6.07, 6.45) is -8.25. The summed E-state index contributed by atoms with van der Waals surface area (Å²) in [6.45, 7) is 0.192. The summed E-state index contributed by atoms with van der Waals surface area (Å²) in [5.41, 5.74) is 0. The number of benzene rings is 1. The maximum Gasteiger partial charge on any atom is 0.573 e. The molecule has 164 valence electrons. The summed E-state index contributed by atoms with van der Waals surface area (Å²) >= 11 is 0. The molecule has 0 saturated heterocycles. The van der Waals surface area contributed by atoms with Gasteiger partial charge in [-0.05, 0) is 43.0 Å². The molecule has 1 saturated carbocycles. The van der Waals surface area contributed by atoms with Gasteiger partial charge in [0.1, 0.15) is 11.6 Å². The topological polar surface area (TPSA) is 81.2 Å². The molecular weight excluding hydrogens is 440 g/mol. The highest BCUT2D eigenvalue weighted by atomic mass is 32.2. The average molecular weight is 455 g/mol. The number of aromatic nitrogens is 2. The molecule has 0 aliphatic heterocycles. The van der Waals surface area contributed by atoms with Gasteiger partial charge < -0.3 is 10.1 Å². The van der Waals surface area contributed by atoms with Crippen molar-refractivity contribution in [1.29, 1.82) is 0 Å². The first-order valence-electron chi connectivity index (χ1n) is 8.58. The van der Waals surface area contributed by atoms with Gasteiger partial charge in [-0.15, -0.1) is 13.2 Å². The van der Waals surface area contributed by atoms with Gasteiger partial charge >= 0.3 is 12.5 Å². The van der Waals surface area contributed by atoms with Crippen molar-refractivity contribution in [3.8, 4) is 5.75 Å². The molecule has 0 amide bonds. The van der Waals surface area contributed by atoms with Gasteiger partial charge in [-0.3, -0.25) is 0 Å². The zero-order valence-corrected chi connectivity index (χ0v) is 15.9. The molecule has 2 aromatic rings. The van der Waals surface area contributed by atoms with Crippen molar-refractivity contribution in [3.05, 3.63) is 42.4 Å². The maximum atomic E-state index is 12.6. The number of alkyl halides is 6. The molecule has 0 unspecified atom stereocenters. The highest BCUT2D eigenvalue weighted by Gasteiger charge is 2.40. The Labute approximate surface area is 167 Å². The summed E-state index contributed by atoms with van der Waals surface area (Å²) in [4.78, 5) is 6.21. The number of rotatable bonds is 6. The molecule has 0 bridgehead atoms. The van der Waals surface area contributed by atoms with Gasteiger partial charge in [-0.25, -0.2) is 18.4 Å². The van der Waals surface area contributed by atoms with Crippen molar-refractivity contribution >= 4 is 15.7 Å². The van der Waals surface area contributed by atoms with E-state index in [1.54, 1.807) is 0 Å². The van der Waals surface area contributed by atoms with Gasteiger partial charge in [-0.1, -0.05) is 6.07 Å². The molecule has 6 nitrogen and oxygen atoms in total. The second-order valence-corrected chi connectivity index (χ2v) is 8.90. The van der Waals surface area contributed by atoms with Crippen LogP contribution in [0.3, 0.4) is 0 Å². The van der Waals surface area contributed by atoms with E-state index in [0.29, 0.717) is 0 Å². The Hall–Kier alpha value is -2.57. The quantitative estimate of drug-likeness (QED) is 0.662. The molecule has 0 radical (unpaired) electrons. The van der Waals surface area contributed by atoms with Gasteiger partial charge in [0.05, 0.1) is 10.1 Å². The van der Waals surface area contributed by atoms with E-state index < -0.39 is 39.2 Å². The average Bonchev–Trinajstić information content (AvgIpc) is 2.58. The van der Waals surface area contributed by atoms with Crippen LogP contribution in [0.25, 0.3) is 0 Å². The van der Waals surface area contributed by atoms with E-state index in [-0.39, 0.29) is 36.0 Å². The lowest BCUT2D eigenvalue weighted by molar-refractivity contribution is -0.274. The van der Waals surface area contributed by atoms with E-state index in [0.717, 1.165) is 24.4 Å². The lowest BCUT2D eigenvalue weighted by Crippen LogP contribution is -2.39. The Morgan fingerprint density at radius 2 is 1.80 bits per heavy atom. The summed E-state index contributed by atoms with van der Waals surface area (Å²) in [5, 5.41) is 1.91. The normalized spacial score (nSPS) is 19.8. The molecule has 0 spiro atoms. The SMILES string of the molecule is O=S(=O)(c1cccc(OC(F)(F)F)c1)C1CC(CNc2ccnc(C(F)(F)F)n2)C1. The van der Waals surface area contributed by atoms with Crippen molar-refractivity contribution in [2.45, 2.75) is 35.5 Å². The Morgan fingerprint density at radius 3 is 2.43 bits per heavy atom. The predicted molar refractivity (Wildman–Crippen MR) is 92.3 cm³/mol. The van der Waals surface area contributed by atoms with Gasteiger partial charge in [0.25, 0.3) is 0 Å². The van der Waals surface area contributed by atoms with Gasteiger partial charge in [0, 0.05) is 12.7 Å². The Bertz CT molecular complexity index is 1000. The van der Waals surface area contributed by atoms with Gasteiger partial charge in [0.15, 0.2) is 9.84 Å². The lowest BCUT2D eigenvalue weighted by atomic mass is 9.85. The number of sulfone groups is 1. The standard InChI is InChI=1S/C17H15F6N3O3S/c18-16(19,20)15-24-5-4-14(26-15)25-9-10-6-13(7-10)30(27,28)12-3-1-2-11(8-12)29-17(21,22)23/h1-5,8,10,13H,6-7,9H2,(H,24,25,26). The van der Waals surface area contributed by atoms with E-state index in [9.17, 15) is 34.8 Å². The highest BCUT2D eigenvalue weighted by Crippen LogP contribution is 2.37. The second-order valence-electron chi connectivity index (χ2n) is 6.67. The molecule has 1 N–H and O–H groups in total. The molecule has 1 aliphatic carbocycles. The fourth-order valence-corrected chi connectivity index (χ4v) is 4.96. The Morgan fingerprint density at radius 1 is 1.10 bits per heavy atom. The molecule has 1 aromatic heterocycles. The third-order valence-electron chi connectivity index (χ3n) is 4.48. The first-order chi connectivity index (χ1) is 13.8. The van der Waals surface area contributed by atoms with Crippen molar-refractivity contribution in [2.24, 2.45) is 5.92 Å². The Kier molecular flexibility index (Phi) is 5.85. The number of nitrogens with one attached hydrogen (secondary N) is 1. The number of anilines is 1. The van der Waals surface area contributed by atoms with Crippen molar-refractivity contribution in [3.63, 3.8) is 0 Å². The third kappa shape index (κ3) is 5.32. The molecular formula is C17H15F6N3O3S. The largest absolute Gasteiger partial charge is 0.573 e. The van der Waals surface area contributed by atoms with E-state index >= 15 is 0 Å². The number of hydrogen-bond donors (Lipinski definition) is 1. The van der Waals surface area contributed by atoms with E-state index in [2.05, 4.69) is 20.0 Å². The molecule has 1 heterocycles. The van der Waals surface area contributed by atoms with Crippen molar-refractivity contribution in [2.75, 3.05) is 11.9 Å². The smallest absolute Gasteiger partial charge is 0.406 e. The van der Waals surface area contributed by atoms with Crippen LogP contribution in [-0.4, -0.2) is 36.5 Å². The summed E-state index contributed by atoms with van der Waals surface area (Å²) in [6, 6.07) is 5.40. The zero-order chi connectivity index (χ0) is 22.2. The van der Waals surface area contributed by atoms with Crippen LogP contribution >= 0.6 is 0 Å². The minimum atomic E-state index is -4.94. The molecule has 3 rings (SSSR count). The van der Waals surface area contributed by atoms with Gasteiger partial charge in [-0.2, -0.15) is 13.2 Å². The van der Waals surface area contributed by atoms with Crippen LogP contribution < -0.4 is 10.1 Å². The summed E-state index contributed by atoms with van der Waals surface area (Å²) in [5.74, 6) is -2.11. The summed E-state index contributed by atoms with van der Waals surface area (Å²) in [7, 11) is -3.87. The Balaban J connectivity index is 1.58. The first-order valence-corrected chi connectivity index (χ1v) is 10.1. The zero-order valence-electron chi connectivity index (χ0n) is 15.0. The number of ether oxygens (including phenoxy) is 1. The molecule has 0 atom stereocenters. The van der Waals surface area contributed by atoms with Crippen LogP contribution in [0.15, 0.2) is 41.4 Å². The van der Waals surface area contributed by atoms with E-state index in [1.807, 2.05) is 0 Å². The second kappa shape index (κ2) is 7.93. The fourth-order valence-electron chi connectivity index (χ4n) is 2.98. The lowest BCUT2D eigenvalue weighted by Gasteiger charge is -2.35. The van der Waals surface area contributed by atoms with E-state index in [4.69, 9.17) is 0 Å². The maximum absolute atomic E-state index is 12.6. The number of nitrogens with zero attached hydrogens (tertiary/aromatic N) is 2. The van der Waals surface area contributed by atoms with Crippen LogP contribution in [0.1, 0.15) is 18.7 Å². The van der Waals surface area contributed by atoms with Crippen LogP contribution in [0.4, 0.5) is 32.2 Å². The number of halogens is 6. The molecule has 1 fully saturated rings. The predicted octanol–water partition coefficient (Wildman–Crippen LogP) is 4.06. The van der Waals surface area contributed by atoms with Crippen molar-refractivity contribution in [1.82, 2.24) is 9.97 Å². The first kappa shape index (κ1) is 22.1. The van der Waals surface area contributed by atoms with E-state index in [1.165, 1.54) is 12.1 Å². The van der Waals surface area contributed by atoms with Gasteiger partial charge in [0.2, 0.25) is 5.82 Å². The molecule has 30 heavy (non-hydrogen) atoms. The highest BCUT2D eigenvalue weighted by molar-refractivity contribution is 7.92. The minimum absolute atomic E-state index is 0.0411. The van der Waals surface area contributed by atoms with Crippen LogP contribution in [0, 0.1) is 5.92 Å². The molecule has 1 aromatic carbocycles. The van der Waals surface area contributed by atoms with Crippen LogP contribution in [0.5, 0.6) is 5.75 Å². The van der Waals surface area contributed by atoms with Crippen molar-refractivity contribution < 1.29 is 39.5 Å². The molecule has 13 heteroatoms. The van der Waals surface area contributed by atoms with Crippen LogP contribution in [-0.2, 0) is 16.0 Å². The summed E-state index contributed by atoms with van der Waals surface area (Å²) < 4.78 is 104. The minimum Gasteiger partial charge on any atom is -0.406 e. The fraction of sp³-hybridized carbons (Fsp3) is 0.412. The van der Waals surface area contributed by atoms with Crippen LogP contribution in [0.2, 0.25) is 0 Å². The monoisotopic (exact) mass is 455 g/mol. The molecule has 1 aliphatic rings. The third-order valence-corrected chi connectivity index (χ3v) is 6.65.